The van der Waals surface area contributed by atoms with Crippen LogP contribution in [0.2, 0.25) is 0 Å². The van der Waals surface area contributed by atoms with Crippen LogP contribution in [0.15, 0.2) is 11.6 Å². The van der Waals surface area contributed by atoms with Crippen LogP contribution in [0.4, 0.5) is 0 Å². The van der Waals surface area contributed by atoms with Crippen LogP contribution in [0.1, 0.15) is 34.6 Å². The van der Waals surface area contributed by atoms with E-state index in [1.165, 1.54) is 0 Å². The molecular formula is C13H22O4. The van der Waals surface area contributed by atoms with E-state index >= 15 is 0 Å². The lowest BCUT2D eigenvalue weighted by atomic mass is 10.1. The summed E-state index contributed by atoms with van der Waals surface area (Å²) in [4.78, 5) is 0. The van der Waals surface area contributed by atoms with Crippen molar-refractivity contribution < 1.29 is 19.3 Å². The fraction of sp³-hybridized carbons (Fsp3) is 0.846. The van der Waals surface area contributed by atoms with E-state index in [0.29, 0.717) is 6.61 Å². The van der Waals surface area contributed by atoms with E-state index in [0.717, 1.165) is 5.57 Å². The number of rotatable bonds is 2. The van der Waals surface area contributed by atoms with Gasteiger partial charge in [0.1, 0.15) is 18.3 Å². The summed E-state index contributed by atoms with van der Waals surface area (Å²) in [6, 6.07) is 0. The van der Waals surface area contributed by atoms with Gasteiger partial charge in [-0.2, -0.15) is 0 Å². The molecule has 0 aromatic carbocycles. The van der Waals surface area contributed by atoms with E-state index in [-0.39, 0.29) is 17.8 Å². The van der Waals surface area contributed by atoms with Gasteiger partial charge in [-0.1, -0.05) is 0 Å². The standard InChI is InChI=1S/C13H22O4/c1-12(2,3)15-7-8-6-9(14)11-10(8)16-13(4,5)17-11/h6,9-11,14H,7H2,1-5H3/t9?,10?,11-/m1/s1. The second-order valence-corrected chi connectivity index (χ2v) is 6.15. The lowest BCUT2D eigenvalue weighted by Gasteiger charge is -2.22. The average Bonchev–Trinajstić information content (AvgIpc) is 2.58. The maximum absolute atomic E-state index is 9.89. The predicted octanol–water partition coefficient (Wildman–Crippen LogP) is 1.62. The normalized spacial score (nSPS) is 35.9. The van der Waals surface area contributed by atoms with Gasteiger partial charge in [-0.25, -0.2) is 0 Å². The molecule has 1 fully saturated rings. The molecule has 4 nitrogen and oxygen atoms in total. The zero-order valence-electron chi connectivity index (χ0n) is 11.2. The van der Waals surface area contributed by atoms with E-state index in [4.69, 9.17) is 14.2 Å². The molecule has 1 N–H and O–H groups in total. The highest BCUT2D eigenvalue weighted by atomic mass is 16.8. The fourth-order valence-corrected chi connectivity index (χ4v) is 2.16. The van der Waals surface area contributed by atoms with E-state index in [2.05, 4.69) is 0 Å². The topological polar surface area (TPSA) is 47.9 Å². The molecule has 0 saturated carbocycles. The smallest absolute Gasteiger partial charge is 0.164 e. The minimum atomic E-state index is -0.627. The maximum Gasteiger partial charge on any atom is 0.164 e. The highest BCUT2D eigenvalue weighted by Crippen LogP contribution is 2.38. The zero-order chi connectivity index (χ0) is 12.8. The molecule has 1 aliphatic carbocycles. The summed E-state index contributed by atoms with van der Waals surface area (Å²) in [7, 11) is 0. The van der Waals surface area contributed by atoms with Crippen molar-refractivity contribution in [3.63, 3.8) is 0 Å². The lowest BCUT2D eigenvalue weighted by molar-refractivity contribution is -0.153. The molecule has 98 valence electrons. The number of fused-ring (bicyclic) bond motifs is 1. The summed E-state index contributed by atoms with van der Waals surface area (Å²) < 4.78 is 17.2. The Hall–Kier alpha value is -0.420. The number of hydrogen-bond acceptors (Lipinski definition) is 4. The summed E-state index contributed by atoms with van der Waals surface area (Å²) in [6.07, 6.45) is 0.724. The Morgan fingerprint density at radius 2 is 2.00 bits per heavy atom. The van der Waals surface area contributed by atoms with Gasteiger partial charge in [0.15, 0.2) is 5.79 Å². The summed E-state index contributed by atoms with van der Waals surface area (Å²) in [5.74, 6) is -0.627. The van der Waals surface area contributed by atoms with Crippen LogP contribution in [-0.2, 0) is 14.2 Å². The largest absolute Gasteiger partial charge is 0.386 e. The maximum atomic E-state index is 9.89. The Balaban J connectivity index is 2.02. The Morgan fingerprint density at radius 1 is 1.35 bits per heavy atom. The van der Waals surface area contributed by atoms with Crippen molar-refractivity contribution in [2.45, 2.75) is 64.3 Å². The van der Waals surface area contributed by atoms with E-state index < -0.39 is 11.9 Å². The quantitative estimate of drug-likeness (QED) is 0.748. The summed E-state index contributed by atoms with van der Waals surface area (Å²) in [6.45, 7) is 10.2. The third kappa shape index (κ3) is 2.88. The SMILES string of the molecule is CC(C)(C)OCC1=CC(O)[C@H]2OC(C)(C)OC12. The number of aliphatic hydroxyl groups excluding tert-OH is 1. The van der Waals surface area contributed by atoms with Gasteiger partial charge in [-0.15, -0.1) is 0 Å². The molecule has 1 heterocycles. The first-order valence-electron chi connectivity index (χ1n) is 6.06. The van der Waals surface area contributed by atoms with Crippen LogP contribution in [0.5, 0.6) is 0 Å². The first-order valence-corrected chi connectivity index (χ1v) is 6.06. The van der Waals surface area contributed by atoms with Crippen molar-refractivity contribution in [1.82, 2.24) is 0 Å². The highest BCUT2D eigenvalue weighted by Gasteiger charge is 2.49. The van der Waals surface area contributed by atoms with Crippen molar-refractivity contribution in [1.29, 1.82) is 0 Å². The molecular weight excluding hydrogens is 220 g/mol. The zero-order valence-corrected chi connectivity index (χ0v) is 11.2. The molecule has 2 rings (SSSR count). The molecule has 4 heteroatoms. The van der Waals surface area contributed by atoms with Gasteiger partial charge >= 0.3 is 0 Å². The fourth-order valence-electron chi connectivity index (χ4n) is 2.16. The second kappa shape index (κ2) is 4.05. The van der Waals surface area contributed by atoms with Gasteiger partial charge in [-0.3, -0.25) is 0 Å². The molecule has 1 saturated heterocycles. The number of hydrogen-bond donors (Lipinski definition) is 1. The van der Waals surface area contributed by atoms with Crippen LogP contribution in [0, 0.1) is 0 Å². The van der Waals surface area contributed by atoms with Gasteiger partial charge < -0.3 is 19.3 Å². The molecule has 2 unspecified atom stereocenters. The summed E-state index contributed by atoms with van der Waals surface area (Å²) in [5.41, 5.74) is 0.779. The van der Waals surface area contributed by atoms with Crippen LogP contribution in [-0.4, -0.2) is 41.4 Å². The molecule has 2 aliphatic rings. The van der Waals surface area contributed by atoms with Gasteiger partial charge in [0.25, 0.3) is 0 Å². The molecule has 0 radical (unpaired) electrons. The van der Waals surface area contributed by atoms with Crippen molar-refractivity contribution in [2.75, 3.05) is 6.61 Å². The van der Waals surface area contributed by atoms with Crippen LogP contribution < -0.4 is 0 Å². The van der Waals surface area contributed by atoms with Crippen molar-refractivity contribution in [3.8, 4) is 0 Å². The monoisotopic (exact) mass is 242 g/mol. The Kier molecular flexibility index (Phi) is 3.11. The van der Waals surface area contributed by atoms with Gasteiger partial charge in [0.2, 0.25) is 0 Å². The average molecular weight is 242 g/mol. The first-order chi connectivity index (χ1) is 7.68. The van der Waals surface area contributed by atoms with Crippen molar-refractivity contribution >= 4 is 0 Å². The van der Waals surface area contributed by atoms with E-state index in [9.17, 15) is 5.11 Å². The number of ether oxygens (including phenoxy) is 3. The van der Waals surface area contributed by atoms with E-state index in [1.807, 2.05) is 34.6 Å². The summed E-state index contributed by atoms with van der Waals surface area (Å²) >= 11 is 0. The lowest BCUT2D eigenvalue weighted by Crippen LogP contribution is -2.30. The minimum Gasteiger partial charge on any atom is -0.386 e. The molecule has 0 aromatic heterocycles. The Morgan fingerprint density at radius 3 is 2.59 bits per heavy atom. The molecule has 0 aromatic rings. The second-order valence-electron chi connectivity index (χ2n) is 6.15. The van der Waals surface area contributed by atoms with E-state index in [1.54, 1.807) is 6.08 Å². The molecule has 0 amide bonds. The minimum absolute atomic E-state index is 0.178. The van der Waals surface area contributed by atoms with Gasteiger partial charge in [0.05, 0.1) is 12.2 Å². The van der Waals surface area contributed by atoms with Gasteiger partial charge in [-0.05, 0) is 46.3 Å². The van der Waals surface area contributed by atoms with Crippen molar-refractivity contribution in [2.24, 2.45) is 0 Å². The van der Waals surface area contributed by atoms with Crippen LogP contribution in [0.3, 0.4) is 0 Å². The third-order valence-corrected chi connectivity index (χ3v) is 2.89. The first kappa shape index (κ1) is 13.0. The van der Waals surface area contributed by atoms with Crippen LogP contribution >= 0.6 is 0 Å². The van der Waals surface area contributed by atoms with Crippen molar-refractivity contribution in [3.05, 3.63) is 11.6 Å². The molecule has 1 aliphatic heterocycles. The van der Waals surface area contributed by atoms with Crippen LogP contribution in [0.25, 0.3) is 0 Å². The predicted molar refractivity (Wildman–Crippen MR) is 63.6 cm³/mol. The highest BCUT2D eigenvalue weighted by molar-refractivity contribution is 5.25. The molecule has 3 atom stereocenters. The number of aliphatic hydroxyl groups is 1. The summed E-state index contributed by atoms with van der Waals surface area (Å²) in [5, 5.41) is 9.89. The van der Waals surface area contributed by atoms with Gasteiger partial charge in [0, 0.05) is 0 Å². The third-order valence-electron chi connectivity index (χ3n) is 2.89. The molecule has 0 spiro atoms. The Labute approximate surface area is 103 Å². The molecule has 0 bridgehead atoms. The molecule has 17 heavy (non-hydrogen) atoms. The Bertz CT molecular complexity index is 327.